The van der Waals surface area contributed by atoms with E-state index in [-0.39, 0.29) is 0 Å². The highest BCUT2D eigenvalue weighted by atomic mass is 35.5. The van der Waals surface area contributed by atoms with Crippen molar-refractivity contribution >= 4 is 11.6 Å². The molecule has 1 aliphatic rings. The van der Waals surface area contributed by atoms with Gasteiger partial charge in [0.2, 0.25) is 0 Å². The van der Waals surface area contributed by atoms with E-state index in [1.807, 2.05) is 30.5 Å². The quantitative estimate of drug-likeness (QED) is 0.571. The molecule has 2 heterocycles. The number of rotatable bonds is 6. The largest absolute Gasteiger partial charge is 0.497 e. The van der Waals surface area contributed by atoms with Crippen molar-refractivity contribution in [2.45, 2.75) is 38.9 Å². The summed E-state index contributed by atoms with van der Waals surface area (Å²) >= 11 is 6.18. The van der Waals surface area contributed by atoms with Crippen LogP contribution in [0.3, 0.4) is 0 Å². The summed E-state index contributed by atoms with van der Waals surface area (Å²) in [4.78, 5) is 7.33. The molecule has 2 aromatic carbocycles. The molecule has 0 radical (unpaired) electrons. The molecule has 146 valence electrons. The van der Waals surface area contributed by atoms with Crippen molar-refractivity contribution in [2.24, 2.45) is 0 Å². The van der Waals surface area contributed by atoms with Gasteiger partial charge in [0.05, 0.1) is 13.2 Å². The first kappa shape index (κ1) is 19.0. The molecule has 0 aliphatic carbocycles. The predicted octanol–water partition coefficient (Wildman–Crippen LogP) is 5.24. The normalized spacial score (nSPS) is 17.2. The third-order valence-electron chi connectivity index (χ3n) is 5.52. The van der Waals surface area contributed by atoms with Gasteiger partial charge < -0.3 is 9.30 Å². The van der Waals surface area contributed by atoms with Gasteiger partial charge in [0, 0.05) is 30.0 Å². The third-order valence-corrected chi connectivity index (χ3v) is 5.76. The Labute approximate surface area is 171 Å². The number of hydrogen-bond donors (Lipinski definition) is 0. The Morgan fingerprint density at radius 3 is 2.68 bits per heavy atom. The number of methoxy groups -OCH3 is 1. The van der Waals surface area contributed by atoms with E-state index in [1.54, 1.807) is 7.11 Å². The number of aromatic nitrogens is 2. The van der Waals surface area contributed by atoms with E-state index in [0.29, 0.717) is 6.04 Å². The zero-order valence-corrected chi connectivity index (χ0v) is 17.2. The van der Waals surface area contributed by atoms with Crippen LogP contribution in [0.25, 0.3) is 0 Å². The van der Waals surface area contributed by atoms with Crippen LogP contribution < -0.4 is 4.74 Å². The van der Waals surface area contributed by atoms with E-state index in [4.69, 9.17) is 21.3 Å². The summed E-state index contributed by atoms with van der Waals surface area (Å²) in [6, 6.07) is 16.8. The van der Waals surface area contributed by atoms with Gasteiger partial charge in [-0.05, 0) is 61.7 Å². The number of likely N-dealkylation sites (tertiary alicyclic amines) is 1. The lowest BCUT2D eigenvalue weighted by Gasteiger charge is -2.25. The van der Waals surface area contributed by atoms with E-state index in [1.165, 1.54) is 23.2 Å². The topological polar surface area (TPSA) is 30.3 Å². The van der Waals surface area contributed by atoms with Crippen molar-refractivity contribution in [3.05, 3.63) is 82.4 Å². The smallest absolute Gasteiger partial charge is 0.126 e. The van der Waals surface area contributed by atoms with Crippen LogP contribution in [0.2, 0.25) is 5.02 Å². The molecule has 1 atom stereocenters. The number of benzene rings is 2. The maximum atomic E-state index is 6.18. The van der Waals surface area contributed by atoms with Gasteiger partial charge in [-0.3, -0.25) is 4.90 Å². The summed E-state index contributed by atoms with van der Waals surface area (Å²) in [6.45, 7) is 4.95. The Balaban J connectivity index is 1.56. The first-order chi connectivity index (χ1) is 13.6. The third kappa shape index (κ3) is 4.08. The summed E-state index contributed by atoms with van der Waals surface area (Å²) in [6.07, 6.45) is 4.33. The molecule has 0 saturated carbocycles. The number of imidazole rings is 1. The lowest BCUT2D eigenvalue weighted by atomic mass is 10.1. The zero-order valence-electron chi connectivity index (χ0n) is 16.4. The van der Waals surface area contributed by atoms with Crippen LogP contribution in [0, 0.1) is 6.92 Å². The second-order valence-corrected chi connectivity index (χ2v) is 7.89. The molecular formula is C23H26ClN3O. The molecule has 4 nitrogen and oxygen atoms in total. The molecule has 5 heteroatoms. The van der Waals surface area contributed by atoms with E-state index in [9.17, 15) is 0 Å². The standard InChI is InChI=1S/C23H26ClN3O/c1-17-14-25-23(27(17)16-18-8-10-21(28-2)11-9-18)22-7-4-12-26(22)15-19-5-3-6-20(24)13-19/h3,5-6,8-11,13-14,22H,4,7,12,15-16H2,1-2H3. The maximum Gasteiger partial charge on any atom is 0.126 e. The van der Waals surface area contributed by atoms with E-state index in [2.05, 4.69) is 40.7 Å². The van der Waals surface area contributed by atoms with Crippen molar-refractivity contribution in [1.29, 1.82) is 0 Å². The number of hydrogen-bond acceptors (Lipinski definition) is 3. The molecule has 0 spiro atoms. The fourth-order valence-electron chi connectivity index (χ4n) is 4.04. The Morgan fingerprint density at radius 2 is 1.93 bits per heavy atom. The fourth-order valence-corrected chi connectivity index (χ4v) is 4.26. The number of halogens is 1. The van der Waals surface area contributed by atoms with Crippen LogP contribution in [0.5, 0.6) is 5.75 Å². The first-order valence-electron chi connectivity index (χ1n) is 9.77. The summed E-state index contributed by atoms with van der Waals surface area (Å²) in [5.41, 5.74) is 3.70. The van der Waals surface area contributed by atoms with E-state index < -0.39 is 0 Å². The maximum absolute atomic E-state index is 6.18. The van der Waals surface area contributed by atoms with Gasteiger partial charge in [-0.1, -0.05) is 35.9 Å². The Kier molecular flexibility index (Phi) is 5.69. The monoisotopic (exact) mass is 395 g/mol. The minimum absolute atomic E-state index is 0.339. The molecule has 0 bridgehead atoms. The van der Waals surface area contributed by atoms with Crippen LogP contribution in [-0.4, -0.2) is 28.1 Å². The molecule has 3 aromatic rings. The molecule has 1 fully saturated rings. The highest BCUT2D eigenvalue weighted by Gasteiger charge is 2.30. The van der Waals surface area contributed by atoms with Crippen LogP contribution >= 0.6 is 11.6 Å². The average molecular weight is 396 g/mol. The predicted molar refractivity (Wildman–Crippen MR) is 113 cm³/mol. The Bertz CT molecular complexity index is 935. The van der Waals surface area contributed by atoms with Crippen LogP contribution in [0.15, 0.2) is 54.7 Å². The summed E-state index contributed by atoms with van der Waals surface area (Å²) < 4.78 is 7.63. The highest BCUT2D eigenvalue weighted by molar-refractivity contribution is 6.30. The van der Waals surface area contributed by atoms with E-state index >= 15 is 0 Å². The number of ether oxygens (including phenoxy) is 1. The number of aryl methyl sites for hydroxylation is 1. The lowest BCUT2D eigenvalue weighted by molar-refractivity contribution is 0.235. The van der Waals surface area contributed by atoms with Crippen molar-refractivity contribution in [3.63, 3.8) is 0 Å². The zero-order chi connectivity index (χ0) is 19.5. The summed E-state index contributed by atoms with van der Waals surface area (Å²) in [7, 11) is 1.70. The molecule has 28 heavy (non-hydrogen) atoms. The van der Waals surface area contributed by atoms with Gasteiger partial charge in [0.15, 0.2) is 0 Å². The average Bonchev–Trinajstić information content (AvgIpc) is 3.29. The van der Waals surface area contributed by atoms with Crippen molar-refractivity contribution < 1.29 is 4.74 Å². The van der Waals surface area contributed by atoms with Crippen LogP contribution in [-0.2, 0) is 13.1 Å². The molecule has 1 aromatic heterocycles. The first-order valence-corrected chi connectivity index (χ1v) is 10.2. The highest BCUT2D eigenvalue weighted by Crippen LogP contribution is 2.33. The summed E-state index contributed by atoms with van der Waals surface area (Å²) in [5.74, 6) is 2.04. The van der Waals surface area contributed by atoms with Crippen molar-refractivity contribution in [3.8, 4) is 5.75 Å². The van der Waals surface area contributed by atoms with Gasteiger partial charge in [-0.25, -0.2) is 4.98 Å². The molecule has 1 saturated heterocycles. The Morgan fingerprint density at radius 1 is 1.11 bits per heavy atom. The minimum atomic E-state index is 0.339. The number of nitrogens with zero attached hydrogens (tertiary/aromatic N) is 3. The van der Waals surface area contributed by atoms with E-state index in [0.717, 1.165) is 42.7 Å². The van der Waals surface area contributed by atoms with Gasteiger partial charge >= 0.3 is 0 Å². The molecule has 1 unspecified atom stereocenters. The van der Waals surface area contributed by atoms with Gasteiger partial charge in [-0.2, -0.15) is 0 Å². The molecule has 1 aliphatic heterocycles. The fraction of sp³-hybridized carbons (Fsp3) is 0.348. The molecular weight excluding hydrogens is 370 g/mol. The van der Waals surface area contributed by atoms with Crippen LogP contribution in [0.1, 0.15) is 41.5 Å². The van der Waals surface area contributed by atoms with Crippen molar-refractivity contribution in [1.82, 2.24) is 14.5 Å². The summed E-state index contributed by atoms with van der Waals surface area (Å²) in [5, 5.41) is 0.796. The molecule has 0 amide bonds. The second-order valence-electron chi connectivity index (χ2n) is 7.45. The SMILES string of the molecule is COc1ccc(Cn2c(C)cnc2C2CCCN2Cc2cccc(Cl)c2)cc1. The van der Waals surface area contributed by atoms with Gasteiger partial charge in [0.1, 0.15) is 11.6 Å². The van der Waals surface area contributed by atoms with Crippen LogP contribution in [0.4, 0.5) is 0 Å². The molecule has 0 N–H and O–H groups in total. The van der Waals surface area contributed by atoms with Crippen molar-refractivity contribution in [2.75, 3.05) is 13.7 Å². The minimum Gasteiger partial charge on any atom is -0.497 e. The lowest BCUT2D eigenvalue weighted by Crippen LogP contribution is -2.25. The second kappa shape index (κ2) is 8.38. The van der Waals surface area contributed by atoms with Gasteiger partial charge in [-0.15, -0.1) is 0 Å². The molecule has 4 rings (SSSR count). The van der Waals surface area contributed by atoms with Gasteiger partial charge in [0.25, 0.3) is 0 Å². The Hall–Kier alpha value is -2.30.